The average Bonchev–Trinajstić information content (AvgIpc) is 2.60. The minimum Gasteiger partial charge on any atom is -0.381 e. The van der Waals surface area contributed by atoms with Crippen molar-refractivity contribution < 1.29 is 36.6 Å². The molecule has 0 saturated carbocycles. The number of halogens is 6. The van der Waals surface area contributed by atoms with Gasteiger partial charge in [-0.2, -0.15) is 26.3 Å². The molecule has 0 heterocycles. The third-order valence-electron chi connectivity index (χ3n) is 4.49. The van der Waals surface area contributed by atoms with Crippen molar-refractivity contribution in [1.82, 2.24) is 0 Å². The van der Waals surface area contributed by atoms with Crippen LogP contribution in [0.4, 0.5) is 26.3 Å². The molecule has 4 atom stereocenters. The van der Waals surface area contributed by atoms with E-state index in [0.717, 1.165) is 20.3 Å². The molecule has 2 N–H and O–H groups in total. The topological polar surface area (TPSA) is 40.5 Å². The molecule has 0 aliphatic rings. The molecule has 2 nitrogen and oxygen atoms in total. The van der Waals surface area contributed by atoms with Gasteiger partial charge < -0.3 is 10.2 Å². The van der Waals surface area contributed by atoms with Gasteiger partial charge in [-0.15, -0.1) is 0 Å². The van der Waals surface area contributed by atoms with E-state index >= 15 is 0 Å². The Morgan fingerprint density at radius 1 is 0.667 bits per heavy atom. The van der Waals surface area contributed by atoms with Crippen molar-refractivity contribution in [1.29, 1.82) is 0 Å². The number of rotatable bonds is 7. The SMILES string of the molecule is CC.CCC.CC[C@H](C)CC(C)(O)C(F)(F)F.CC[C@H](C)CCC(C)(O)C(F)(F)F. The molecule has 0 aromatic carbocycles. The Morgan fingerprint density at radius 3 is 1.20 bits per heavy atom. The Kier molecular flexibility index (Phi) is 21.0. The second-order valence-electron chi connectivity index (χ2n) is 8.02. The fourth-order valence-corrected chi connectivity index (χ4v) is 1.81. The highest BCUT2D eigenvalue weighted by atomic mass is 19.4. The van der Waals surface area contributed by atoms with Gasteiger partial charge in [-0.3, -0.25) is 0 Å². The Hall–Kier alpha value is -0.500. The zero-order chi connectivity index (χ0) is 25.4. The maximum Gasteiger partial charge on any atom is 0.416 e. The molecular formula is C22H46F6O2. The third-order valence-corrected chi connectivity index (χ3v) is 4.49. The smallest absolute Gasteiger partial charge is 0.381 e. The molecule has 0 fully saturated rings. The predicted octanol–water partition coefficient (Wildman–Crippen LogP) is 8.30. The van der Waals surface area contributed by atoms with Gasteiger partial charge in [-0.1, -0.05) is 74.7 Å². The summed E-state index contributed by atoms with van der Waals surface area (Å²) in [4.78, 5) is 0. The van der Waals surface area contributed by atoms with Crippen LogP contribution in [0.15, 0.2) is 0 Å². The molecule has 0 saturated heterocycles. The van der Waals surface area contributed by atoms with Crippen LogP contribution in [0, 0.1) is 11.8 Å². The summed E-state index contributed by atoms with van der Waals surface area (Å²) in [5.41, 5.74) is -5.07. The summed E-state index contributed by atoms with van der Waals surface area (Å²) in [6.45, 7) is 17.2. The minimum absolute atomic E-state index is 0.110. The lowest BCUT2D eigenvalue weighted by Crippen LogP contribution is -2.43. The van der Waals surface area contributed by atoms with Gasteiger partial charge >= 0.3 is 12.4 Å². The van der Waals surface area contributed by atoms with Gasteiger partial charge in [0.2, 0.25) is 0 Å². The van der Waals surface area contributed by atoms with E-state index in [9.17, 15) is 26.3 Å². The first-order valence-corrected chi connectivity index (χ1v) is 10.9. The molecule has 0 bridgehead atoms. The number of hydrogen-bond donors (Lipinski definition) is 2. The number of aliphatic hydroxyl groups is 2. The molecule has 0 radical (unpaired) electrons. The van der Waals surface area contributed by atoms with Crippen LogP contribution in [0.5, 0.6) is 0 Å². The molecule has 0 amide bonds. The fourth-order valence-electron chi connectivity index (χ4n) is 1.81. The van der Waals surface area contributed by atoms with E-state index in [2.05, 4.69) is 13.8 Å². The van der Waals surface area contributed by atoms with Crippen LogP contribution in [0.3, 0.4) is 0 Å². The summed E-state index contributed by atoms with van der Waals surface area (Å²) >= 11 is 0. The van der Waals surface area contributed by atoms with Crippen molar-refractivity contribution in [2.45, 2.75) is 131 Å². The lowest BCUT2D eigenvalue weighted by atomic mass is 9.91. The Balaban J connectivity index is -0.000000185. The summed E-state index contributed by atoms with van der Waals surface area (Å²) in [6, 6.07) is 0. The van der Waals surface area contributed by atoms with E-state index in [-0.39, 0.29) is 24.7 Å². The first-order valence-electron chi connectivity index (χ1n) is 10.9. The van der Waals surface area contributed by atoms with Crippen molar-refractivity contribution in [3.8, 4) is 0 Å². The highest BCUT2D eigenvalue weighted by Gasteiger charge is 2.50. The van der Waals surface area contributed by atoms with Gasteiger partial charge in [0.1, 0.15) is 0 Å². The van der Waals surface area contributed by atoms with Crippen LogP contribution in [0.1, 0.15) is 108 Å². The second-order valence-corrected chi connectivity index (χ2v) is 8.02. The average molecular weight is 457 g/mol. The first-order chi connectivity index (χ1) is 13.3. The van der Waals surface area contributed by atoms with Crippen LogP contribution in [0.25, 0.3) is 0 Å². The lowest BCUT2D eigenvalue weighted by Gasteiger charge is -2.28. The molecule has 2 unspecified atom stereocenters. The van der Waals surface area contributed by atoms with Crippen LogP contribution in [-0.2, 0) is 0 Å². The summed E-state index contributed by atoms with van der Waals surface area (Å²) in [7, 11) is 0. The third kappa shape index (κ3) is 18.3. The fraction of sp³-hybridized carbons (Fsp3) is 1.00. The van der Waals surface area contributed by atoms with Crippen molar-refractivity contribution >= 4 is 0 Å². The van der Waals surface area contributed by atoms with E-state index in [1.165, 1.54) is 6.42 Å². The molecule has 188 valence electrons. The summed E-state index contributed by atoms with van der Waals surface area (Å²) < 4.78 is 72.7. The van der Waals surface area contributed by atoms with E-state index in [1.807, 2.05) is 27.7 Å². The minimum atomic E-state index is -4.52. The van der Waals surface area contributed by atoms with Gasteiger partial charge in [0.25, 0.3) is 0 Å². The summed E-state index contributed by atoms with van der Waals surface area (Å²) in [6.07, 6.45) is -6.33. The molecular weight excluding hydrogens is 410 g/mol. The van der Waals surface area contributed by atoms with Crippen molar-refractivity contribution in [2.75, 3.05) is 0 Å². The van der Waals surface area contributed by atoms with E-state index in [0.29, 0.717) is 12.8 Å². The van der Waals surface area contributed by atoms with Crippen molar-refractivity contribution in [3.63, 3.8) is 0 Å². The quantitative estimate of drug-likeness (QED) is 0.378. The molecule has 30 heavy (non-hydrogen) atoms. The Labute approximate surface area is 180 Å². The van der Waals surface area contributed by atoms with Crippen LogP contribution >= 0.6 is 0 Å². The Bertz CT molecular complexity index is 377. The molecule has 0 aromatic rings. The monoisotopic (exact) mass is 456 g/mol. The predicted molar refractivity (Wildman–Crippen MR) is 113 cm³/mol. The molecule has 8 heteroatoms. The lowest BCUT2D eigenvalue weighted by molar-refractivity contribution is -0.258. The normalized spacial score (nSPS) is 17.4. The summed E-state index contributed by atoms with van der Waals surface area (Å²) in [5, 5.41) is 18.1. The highest BCUT2D eigenvalue weighted by Crippen LogP contribution is 2.36. The second kappa shape index (κ2) is 17.1. The number of alkyl halides is 6. The van der Waals surface area contributed by atoms with E-state index in [4.69, 9.17) is 10.2 Å². The van der Waals surface area contributed by atoms with Crippen molar-refractivity contribution in [2.24, 2.45) is 11.8 Å². The zero-order valence-electron chi connectivity index (χ0n) is 20.6. The maximum atomic E-state index is 12.1. The molecule has 0 aliphatic heterocycles. The molecule has 0 spiro atoms. The largest absolute Gasteiger partial charge is 0.416 e. The van der Waals surface area contributed by atoms with Gasteiger partial charge in [0.05, 0.1) is 0 Å². The zero-order valence-corrected chi connectivity index (χ0v) is 20.6. The number of hydrogen-bond acceptors (Lipinski definition) is 2. The molecule has 0 aliphatic carbocycles. The van der Waals surface area contributed by atoms with Crippen LogP contribution in [0.2, 0.25) is 0 Å². The Morgan fingerprint density at radius 2 is 0.967 bits per heavy atom. The van der Waals surface area contributed by atoms with Crippen LogP contribution < -0.4 is 0 Å². The first kappa shape index (κ1) is 36.8. The summed E-state index contributed by atoms with van der Waals surface area (Å²) in [5.74, 6) is 0.121. The van der Waals surface area contributed by atoms with Gasteiger partial charge in [0, 0.05) is 0 Å². The molecule has 0 rings (SSSR count). The van der Waals surface area contributed by atoms with E-state index < -0.39 is 23.6 Å². The van der Waals surface area contributed by atoms with Gasteiger partial charge in [0.15, 0.2) is 11.2 Å². The maximum absolute atomic E-state index is 12.1. The standard InChI is InChI=1S/C9H17F3O.C8H15F3O.C3H8.C2H6/c1-4-7(2)5-6-8(3,13)9(10,11)12;1-4-6(2)5-7(3,12)8(9,10)11;1-3-2;1-2/h7,13H,4-6H2,1-3H3;6,12H,4-5H2,1-3H3;3H2,1-2H3;1-2H3/t7-,8?;6-,7?;;/m00../s1. The van der Waals surface area contributed by atoms with Gasteiger partial charge in [-0.25, -0.2) is 0 Å². The van der Waals surface area contributed by atoms with E-state index in [1.54, 1.807) is 13.8 Å². The van der Waals surface area contributed by atoms with Gasteiger partial charge in [-0.05, 0) is 44.9 Å². The molecule has 0 aromatic heterocycles. The van der Waals surface area contributed by atoms with Crippen molar-refractivity contribution in [3.05, 3.63) is 0 Å². The highest BCUT2D eigenvalue weighted by molar-refractivity contribution is 4.83. The van der Waals surface area contributed by atoms with Crippen LogP contribution in [-0.4, -0.2) is 33.8 Å².